The van der Waals surface area contributed by atoms with Crippen molar-refractivity contribution in [2.45, 2.75) is 19.4 Å². The quantitative estimate of drug-likeness (QED) is 0.880. The van der Waals surface area contributed by atoms with E-state index in [9.17, 15) is 8.78 Å². The van der Waals surface area contributed by atoms with Crippen molar-refractivity contribution in [1.82, 2.24) is 5.32 Å². The number of hydrogen-bond acceptors (Lipinski definition) is 2. The van der Waals surface area contributed by atoms with Crippen LogP contribution in [0.4, 0.5) is 8.78 Å². The summed E-state index contributed by atoms with van der Waals surface area (Å²) in [6.45, 7) is 2.74. The first kappa shape index (κ1) is 12.8. The molecule has 0 amide bonds. The van der Waals surface area contributed by atoms with Crippen molar-refractivity contribution >= 4 is 0 Å². The molecule has 0 bridgehead atoms. The molecule has 2 aromatic rings. The van der Waals surface area contributed by atoms with Crippen LogP contribution in [0.3, 0.4) is 0 Å². The van der Waals surface area contributed by atoms with Crippen LogP contribution in [0.2, 0.25) is 0 Å². The van der Waals surface area contributed by atoms with Crippen LogP contribution in [0.25, 0.3) is 0 Å². The second-order valence-corrected chi connectivity index (χ2v) is 4.11. The van der Waals surface area contributed by atoms with Crippen molar-refractivity contribution in [2.75, 3.05) is 6.54 Å². The van der Waals surface area contributed by atoms with E-state index in [1.165, 1.54) is 12.1 Å². The minimum atomic E-state index is -0.556. The van der Waals surface area contributed by atoms with Gasteiger partial charge in [-0.1, -0.05) is 13.0 Å². The minimum absolute atomic E-state index is 0.0336. The molecule has 2 nitrogen and oxygen atoms in total. The van der Waals surface area contributed by atoms with Gasteiger partial charge in [0.2, 0.25) is 0 Å². The van der Waals surface area contributed by atoms with Crippen molar-refractivity contribution in [3.05, 3.63) is 59.6 Å². The van der Waals surface area contributed by atoms with Crippen molar-refractivity contribution in [3.8, 4) is 0 Å². The van der Waals surface area contributed by atoms with Gasteiger partial charge in [-0.05, 0) is 30.7 Å². The van der Waals surface area contributed by atoms with Gasteiger partial charge in [-0.2, -0.15) is 0 Å². The zero-order chi connectivity index (χ0) is 13.0. The summed E-state index contributed by atoms with van der Waals surface area (Å²) in [5, 5.41) is 3.25. The highest BCUT2D eigenvalue weighted by atomic mass is 19.1. The molecule has 1 N–H and O–H groups in total. The maximum Gasteiger partial charge on any atom is 0.129 e. The molecular formula is C14H15F2NO. The van der Waals surface area contributed by atoms with Crippen LogP contribution in [0.5, 0.6) is 0 Å². The normalized spacial score (nSPS) is 12.6. The molecule has 1 unspecified atom stereocenters. The smallest absolute Gasteiger partial charge is 0.129 e. The molecule has 96 valence electrons. The Morgan fingerprint density at radius 1 is 1.28 bits per heavy atom. The molecule has 2 rings (SSSR count). The Balaban J connectivity index is 2.18. The average molecular weight is 251 g/mol. The van der Waals surface area contributed by atoms with Gasteiger partial charge < -0.3 is 9.73 Å². The molecule has 1 aromatic heterocycles. The Morgan fingerprint density at radius 2 is 2.11 bits per heavy atom. The van der Waals surface area contributed by atoms with Gasteiger partial charge in [-0.15, -0.1) is 0 Å². The lowest BCUT2D eigenvalue weighted by molar-refractivity contribution is 0.508. The van der Waals surface area contributed by atoms with Gasteiger partial charge in [-0.25, -0.2) is 8.78 Å². The Labute approximate surface area is 105 Å². The number of furan rings is 1. The van der Waals surface area contributed by atoms with Crippen LogP contribution in [0.15, 0.2) is 41.2 Å². The molecule has 4 heteroatoms. The Hall–Kier alpha value is -1.68. The fourth-order valence-corrected chi connectivity index (χ4v) is 1.93. The number of likely N-dealkylation sites (N-methyl/N-ethyl adjacent to an activating group) is 1. The van der Waals surface area contributed by atoms with Crippen molar-refractivity contribution in [2.24, 2.45) is 0 Å². The molecule has 0 fully saturated rings. The number of benzene rings is 1. The predicted molar refractivity (Wildman–Crippen MR) is 65.2 cm³/mol. The maximum atomic E-state index is 13.6. The van der Waals surface area contributed by atoms with E-state index in [2.05, 4.69) is 5.32 Å². The Morgan fingerprint density at radius 3 is 2.72 bits per heavy atom. The van der Waals surface area contributed by atoms with Crippen molar-refractivity contribution < 1.29 is 13.2 Å². The number of halogens is 2. The zero-order valence-electron chi connectivity index (χ0n) is 10.1. The molecule has 1 aromatic carbocycles. The summed E-state index contributed by atoms with van der Waals surface area (Å²) in [6.07, 6.45) is 3.68. The third kappa shape index (κ3) is 2.96. The second kappa shape index (κ2) is 5.78. The largest absolute Gasteiger partial charge is 0.472 e. The molecule has 0 saturated heterocycles. The van der Waals surface area contributed by atoms with Gasteiger partial charge in [0, 0.05) is 17.7 Å². The molecule has 18 heavy (non-hydrogen) atoms. The molecule has 0 saturated carbocycles. The summed E-state index contributed by atoms with van der Waals surface area (Å²) < 4.78 is 31.5. The predicted octanol–water partition coefficient (Wildman–Crippen LogP) is 3.45. The third-order valence-corrected chi connectivity index (χ3v) is 2.84. The summed E-state index contributed by atoms with van der Waals surface area (Å²) in [6, 6.07) is 5.47. The fourth-order valence-electron chi connectivity index (χ4n) is 1.93. The van der Waals surface area contributed by atoms with E-state index >= 15 is 0 Å². The van der Waals surface area contributed by atoms with E-state index in [0.717, 1.165) is 18.2 Å². The highest BCUT2D eigenvalue weighted by Crippen LogP contribution is 2.21. The topological polar surface area (TPSA) is 25.2 Å². The SMILES string of the molecule is CCNC(Cc1ccc(F)cc1F)c1ccoc1. The number of nitrogens with one attached hydrogen (secondary N) is 1. The maximum absolute atomic E-state index is 13.6. The van der Waals surface area contributed by atoms with Crippen LogP contribution in [0.1, 0.15) is 24.1 Å². The van der Waals surface area contributed by atoms with Crippen LogP contribution < -0.4 is 5.32 Å². The van der Waals surface area contributed by atoms with E-state index in [1.807, 2.05) is 13.0 Å². The first-order chi connectivity index (χ1) is 8.70. The molecule has 0 aliphatic rings. The van der Waals surface area contributed by atoms with Gasteiger partial charge in [0.1, 0.15) is 11.6 Å². The molecule has 1 atom stereocenters. The standard InChI is InChI=1S/C14H15F2NO/c1-2-17-14(11-5-6-18-9-11)7-10-3-4-12(15)8-13(10)16/h3-6,8-9,14,17H,2,7H2,1H3. The lowest BCUT2D eigenvalue weighted by Crippen LogP contribution is -2.22. The zero-order valence-corrected chi connectivity index (χ0v) is 10.1. The molecule has 1 heterocycles. The molecule has 0 radical (unpaired) electrons. The Kier molecular flexibility index (Phi) is 4.10. The first-order valence-electron chi connectivity index (χ1n) is 5.90. The molecular weight excluding hydrogens is 236 g/mol. The number of rotatable bonds is 5. The van der Waals surface area contributed by atoms with E-state index < -0.39 is 11.6 Å². The summed E-state index contributed by atoms with van der Waals surface area (Å²) >= 11 is 0. The highest BCUT2D eigenvalue weighted by Gasteiger charge is 2.15. The first-order valence-corrected chi connectivity index (χ1v) is 5.90. The van der Waals surface area contributed by atoms with Gasteiger partial charge in [-0.3, -0.25) is 0 Å². The van der Waals surface area contributed by atoms with Crippen LogP contribution in [-0.4, -0.2) is 6.54 Å². The van der Waals surface area contributed by atoms with Crippen molar-refractivity contribution in [1.29, 1.82) is 0 Å². The van der Waals surface area contributed by atoms with E-state index in [1.54, 1.807) is 12.5 Å². The Bertz CT molecular complexity index is 497. The highest BCUT2D eigenvalue weighted by molar-refractivity contribution is 5.23. The third-order valence-electron chi connectivity index (χ3n) is 2.84. The lowest BCUT2D eigenvalue weighted by atomic mass is 10.0. The summed E-state index contributed by atoms with van der Waals surface area (Å²) in [5.41, 5.74) is 1.45. The molecule has 0 aliphatic carbocycles. The van der Waals surface area contributed by atoms with Gasteiger partial charge >= 0.3 is 0 Å². The van der Waals surface area contributed by atoms with E-state index in [-0.39, 0.29) is 6.04 Å². The van der Waals surface area contributed by atoms with Gasteiger partial charge in [0.25, 0.3) is 0 Å². The minimum Gasteiger partial charge on any atom is -0.472 e. The summed E-state index contributed by atoms with van der Waals surface area (Å²) in [7, 11) is 0. The molecule has 0 spiro atoms. The number of hydrogen-bond donors (Lipinski definition) is 1. The average Bonchev–Trinajstić information content (AvgIpc) is 2.85. The molecule has 0 aliphatic heterocycles. The lowest BCUT2D eigenvalue weighted by Gasteiger charge is -2.16. The van der Waals surface area contributed by atoms with Crippen molar-refractivity contribution in [3.63, 3.8) is 0 Å². The monoisotopic (exact) mass is 251 g/mol. The van der Waals surface area contributed by atoms with Crippen LogP contribution >= 0.6 is 0 Å². The van der Waals surface area contributed by atoms with Crippen LogP contribution in [0, 0.1) is 11.6 Å². The van der Waals surface area contributed by atoms with E-state index in [0.29, 0.717) is 12.0 Å². The second-order valence-electron chi connectivity index (χ2n) is 4.11. The summed E-state index contributed by atoms with van der Waals surface area (Å²) in [4.78, 5) is 0. The van der Waals surface area contributed by atoms with Gasteiger partial charge in [0.15, 0.2) is 0 Å². The summed E-state index contributed by atoms with van der Waals surface area (Å²) in [5.74, 6) is -1.07. The van der Waals surface area contributed by atoms with E-state index in [4.69, 9.17) is 4.42 Å². The van der Waals surface area contributed by atoms with Crippen LogP contribution in [-0.2, 0) is 6.42 Å². The fraction of sp³-hybridized carbons (Fsp3) is 0.286. The van der Waals surface area contributed by atoms with Gasteiger partial charge in [0.05, 0.1) is 12.5 Å².